The summed E-state index contributed by atoms with van der Waals surface area (Å²) in [5.74, 6) is -0.157. The van der Waals surface area contributed by atoms with Gasteiger partial charge in [0, 0.05) is 32.7 Å². The molecule has 3 heteroatoms. The van der Waals surface area contributed by atoms with Gasteiger partial charge in [0.2, 0.25) is 0 Å². The SMILES string of the molecule is [CH2-]CC(=O)C[C-]=O.[Y]. The monoisotopic (exact) mass is 187 g/mol. The minimum atomic E-state index is -0.157. The van der Waals surface area contributed by atoms with Crippen LogP contribution in [-0.2, 0) is 42.3 Å². The van der Waals surface area contributed by atoms with E-state index >= 15 is 0 Å². The summed E-state index contributed by atoms with van der Waals surface area (Å²) in [5, 5.41) is 0. The third-order valence-corrected chi connectivity index (χ3v) is 0.548. The average Bonchev–Trinajstić information content (AvgIpc) is 1.68. The van der Waals surface area contributed by atoms with Gasteiger partial charge >= 0.3 is 0 Å². The van der Waals surface area contributed by atoms with Crippen molar-refractivity contribution in [1.29, 1.82) is 0 Å². The number of ketones is 1. The van der Waals surface area contributed by atoms with Crippen molar-refractivity contribution in [2.45, 2.75) is 12.8 Å². The van der Waals surface area contributed by atoms with E-state index in [-0.39, 0.29) is 51.3 Å². The van der Waals surface area contributed by atoms with E-state index in [0.717, 1.165) is 0 Å². The summed E-state index contributed by atoms with van der Waals surface area (Å²) in [6, 6.07) is 0. The summed E-state index contributed by atoms with van der Waals surface area (Å²) in [4.78, 5) is 19.5. The first-order valence-electron chi connectivity index (χ1n) is 1.97. The van der Waals surface area contributed by atoms with Crippen molar-refractivity contribution in [1.82, 2.24) is 0 Å². The number of carbonyl (C=O) groups excluding carboxylic acids is 2. The van der Waals surface area contributed by atoms with E-state index in [2.05, 4.69) is 6.92 Å². The van der Waals surface area contributed by atoms with Crippen molar-refractivity contribution in [2.75, 3.05) is 0 Å². The van der Waals surface area contributed by atoms with Crippen molar-refractivity contribution < 1.29 is 42.3 Å². The van der Waals surface area contributed by atoms with Crippen LogP contribution in [0.5, 0.6) is 0 Å². The van der Waals surface area contributed by atoms with Gasteiger partial charge in [0.15, 0.2) is 0 Å². The molecule has 8 heavy (non-hydrogen) atoms. The fraction of sp³-hybridized carbons (Fsp3) is 0.400. The van der Waals surface area contributed by atoms with E-state index in [1.54, 1.807) is 0 Å². The fourth-order valence-corrected chi connectivity index (χ4v) is 0.169. The zero-order chi connectivity index (χ0) is 5.70. The van der Waals surface area contributed by atoms with Gasteiger partial charge < -0.3 is 16.5 Å². The molecule has 1 radical (unpaired) electrons. The van der Waals surface area contributed by atoms with Gasteiger partial charge in [-0.3, -0.25) is 6.29 Å². The van der Waals surface area contributed by atoms with Crippen molar-refractivity contribution >= 4 is 12.1 Å². The summed E-state index contributed by atoms with van der Waals surface area (Å²) >= 11 is 0. The van der Waals surface area contributed by atoms with E-state index in [1.807, 2.05) is 0 Å². The third-order valence-electron chi connectivity index (χ3n) is 0.548. The number of carbonyl (C=O) groups is 1. The second kappa shape index (κ2) is 7.44. The second-order valence-corrected chi connectivity index (χ2v) is 1.11. The minimum Gasteiger partial charge on any atom is -0.541 e. The Labute approximate surface area is 73.9 Å². The van der Waals surface area contributed by atoms with Gasteiger partial charge in [-0.15, -0.1) is 6.42 Å². The number of Topliss-reactive ketones (excluding diaryl/α,β-unsaturated/α-hetero) is 1. The Kier molecular flexibility index (Phi) is 10.5. The second-order valence-electron chi connectivity index (χ2n) is 1.11. The average molecular weight is 187 g/mol. The quantitative estimate of drug-likeness (QED) is 0.469. The smallest absolute Gasteiger partial charge is 0.0768 e. The van der Waals surface area contributed by atoms with Gasteiger partial charge in [0.1, 0.15) is 0 Å². The molecule has 0 aromatic rings. The van der Waals surface area contributed by atoms with E-state index in [0.29, 0.717) is 0 Å². The predicted octanol–water partition coefficient (Wildman–Crippen LogP) is 0.277. The molecular formula is C5H6O2Y-2. The van der Waals surface area contributed by atoms with E-state index in [4.69, 9.17) is 0 Å². The maximum Gasteiger partial charge on any atom is 0.0768 e. The fourth-order valence-electron chi connectivity index (χ4n) is 0.169. The first-order valence-corrected chi connectivity index (χ1v) is 1.97. The summed E-state index contributed by atoms with van der Waals surface area (Å²) < 4.78 is 0. The maximum absolute atomic E-state index is 10.1. The van der Waals surface area contributed by atoms with Gasteiger partial charge in [-0.05, 0) is 0 Å². The van der Waals surface area contributed by atoms with Crippen LogP contribution in [0, 0.1) is 6.92 Å². The summed E-state index contributed by atoms with van der Waals surface area (Å²) in [6.07, 6.45) is 1.56. The molecule has 0 aromatic heterocycles. The molecule has 0 spiro atoms. The first kappa shape index (κ1) is 11.3. The number of hydrogen-bond donors (Lipinski definition) is 0. The van der Waals surface area contributed by atoms with E-state index in [1.165, 1.54) is 6.29 Å². The van der Waals surface area contributed by atoms with Crippen LogP contribution in [0.4, 0.5) is 0 Å². The molecule has 0 fully saturated rings. The van der Waals surface area contributed by atoms with Crippen LogP contribution < -0.4 is 0 Å². The molecule has 0 heterocycles. The molecular weight excluding hydrogens is 181 g/mol. The zero-order valence-electron chi connectivity index (χ0n) is 4.52. The molecule has 0 amide bonds. The zero-order valence-corrected chi connectivity index (χ0v) is 7.35. The van der Waals surface area contributed by atoms with E-state index < -0.39 is 0 Å². The van der Waals surface area contributed by atoms with Crippen LogP contribution in [0.3, 0.4) is 0 Å². The van der Waals surface area contributed by atoms with Gasteiger partial charge in [-0.1, -0.05) is 6.42 Å². The Hall–Kier alpha value is 0.444. The minimum absolute atomic E-state index is 0. The molecule has 0 N–H and O–H groups in total. The predicted molar refractivity (Wildman–Crippen MR) is 25.3 cm³/mol. The Balaban J connectivity index is 0. The molecule has 2 nitrogen and oxygen atoms in total. The van der Waals surface area contributed by atoms with Crippen LogP contribution in [0.25, 0.3) is 0 Å². The van der Waals surface area contributed by atoms with Crippen molar-refractivity contribution in [3.8, 4) is 0 Å². The van der Waals surface area contributed by atoms with Crippen LogP contribution >= 0.6 is 0 Å². The normalized spacial score (nSPS) is 7.12. The van der Waals surface area contributed by atoms with Gasteiger partial charge in [0.25, 0.3) is 0 Å². The van der Waals surface area contributed by atoms with Gasteiger partial charge in [0.05, 0.1) is 5.78 Å². The maximum atomic E-state index is 10.1. The van der Waals surface area contributed by atoms with Crippen LogP contribution in [-0.4, -0.2) is 12.1 Å². The van der Waals surface area contributed by atoms with Crippen LogP contribution in [0.2, 0.25) is 0 Å². The molecule has 0 aliphatic carbocycles. The molecule has 0 aromatic carbocycles. The Bertz CT molecular complexity index is 80.5. The van der Waals surface area contributed by atoms with Gasteiger partial charge in [-0.25, -0.2) is 0 Å². The molecule has 0 saturated heterocycles. The molecule has 0 bridgehead atoms. The van der Waals surface area contributed by atoms with Gasteiger partial charge in [-0.2, -0.15) is 0 Å². The number of hydrogen-bond acceptors (Lipinski definition) is 2. The van der Waals surface area contributed by atoms with Crippen molar-refractivity contribution in [3.05, 3.63) is 6.92 Å². The molecule has 43 valence electrons. The molecule has 0 aliphatic heterocycles. The van der Waals surface area contributed by atoms with Crippen LogP contribution in [0.15, 0.2) is 0 Å². The molecule has 0 saturated carbocycles. The largest absolute Gasteiger partial charge is 0.541 e. The first-order chi connectivity index (χ1) is 3.31. The molecule has 0 atom stereocenters. The van der Waals surface area contributed by atoms with Crippen molar-refractivity contribution in [2.24, 2.45) is 0 Å². The van der Waals surface area contributed by atoms with E-state index in [9.17, 15) is 9.59 Å². The molecule has 0 aliphatic rings. The Morgan fingerprint density at radius 2 is 2.12 bits per heavy atom. The molecule has 0 rings (SSSR count). The van der Waals surface area contributed by atoms with Crippen LogP contribution in [0.1, 0.15) is 12.8 Å². The van der Waals surface area contributed by atoms with Crippen molar-refractivity contribution in [3.63, 3.8) is 0 Å². The summed E-state index contributed by atoms with van der Waals surface area (Å²) in [5.41, 5.74) is 0. The Morgan fingerprint density at radius 1 is 1.62 bits per heavy atom. The summed E-state index contributed by atoms with van der Waals surface area (Å²) in [7, 11) is 0. The topological polar surface area (TPSA) is 34.1 Å². The standard InChI is InChI=1S/C5H6O2.Y/c1-2-5(7)3-4-6;/h1-3H2;/q-2;. The third kappa shape index (κ3) is 6.44. The Morgan fingerprint density at radius 3 is 2.25 bits per heavy atom. The number of rotatable bonds is 3. The molecule has 0 unspecified atom stereocenters. The summed E-state index contributed by atoms with van der Waals surface area (Å²) in [6.45, 7) is 3.28.